The summed E-state index contributed by atoms with van der Waals surface area (Å²) in [6.45, 7) is 0. The molecular formula is C30H20Br2N2. The summed E-state index contributed by atoms with van der Waals surface area (Å²) < 4.78 is 4.42. The molecule has 0 aliphatic carbocycles. The van der Waals surface area contributed by atoms with E-state index in [2.05, 4.69) is 151 Å². The zero-order chi connectivity index (χ0) is 23.1. The van der Waals surface area contributed by atoms with Gasteiger partial charge in [0.1, 0.15) is 0 Å². The number of fused-ring (bicyclic) bond motifs is 3. The molecule has 6 rings (SSSR count). The van der Waals surface area contributed by atoms with Crippen LogP contribution in [0.15, 0.2) is 130 Å². The second-order valence-corrected chi connectivity index (χ2v) is 9.84. The maximum absolute atomic E-state index is 3.78. The molecule has 0 aliphatic heterocycles. The second-order valence-electron chi connectivity index (χ2n) is 8.13. The van der Waals surface area contributed by atoms with E-state index in [4.69, 9.17) is 0 Å². The van der Waals surface area contributed by atoms with Crippen molar-refractivity contribution in [3.05, 3.63) is 130 Å². The van der Waals surface area contributed by atoms with Crippen LogP contribution in [0.25, 0.3) is 27.5 Å². The molecule has 0 amide bonds. The summed E-state index contributed by atoms with van der Waals surface area (Å²) in [5.41, 5.74) is 6.77. The van der Waals surface area contributed by atoms with Crippen molar-refractivity contribution in [3.63, 3.8) is 0 Å². The molecule has 5 aromatic carbocycles. The monoisotopic (exact) mass is 566 g/mol. The van der Waals surface area contributed by atoms with Gasteiger partial charge in [-0.05, 0) is 86.5 Å². The SMILES string of the molecule is Brc1ccccc1N(c1cccc(-n2c3ccccc3c3ccccc32)c1)c1ccccc1Br. The van der Waals surface area contributed by atoms with Gasteiger partial charge in [-0.3, -0.25) is 0 Å². The second kappa shape index (κ2) is 8.79. The lowest BCUT2D eigenvalue weighted by molar-refractivity contribution is 1.17. The predicted octanol–water partition coefficient (Wildman–Crippen LogP) is 9.78. The van der Waals surface area contributed by atoms with Crippen LogP contribution >= 0.6 is 31.9 Å². The van der Waals surface area contributed by atoms with E-state index in [1.807, 2.05) is 12.1 Å². The Bertz CT molecular complexity index is 1550. The zero-order valence-electron chi connectivity index (χ0n) is 18.2. The van der Waals surface area contributed by atoms with Crippen molar-refractivity contribution >= 4 is 70.7 Å². The van der Waals surface area contributed by atoms with Crippen molar-refractivity contribution in [1.29, 1.82) is 0 Å². The number of benzene rings is 5. The van der Waals surface area contributed by atoms with E-state index in [1.165, 1.54) is 21.8 Å². The van der Waals surface area contributed by atoms with E-state index >= 15 is 0 Å². The first-order valence-electron chi connectivity index (χ1n) is 11.1. The highest BCUT2D eigenvalue weighted by Crippen LogP contribution is 2.42. The van der Waals surface area contributed by atoms with E-state index in [0.717, 1.165) is 31.7 Å². The smallest absolute Gasteiger partial charge is 0.0604 e. The van der Waals surface area contributed by atoms with Crippen LogP contribution in [0.2, 0.25) is 0 Å². The Morgan fingerprint density at radius 1 is 0.500 bits per heavy atom. The molecule has 0 unspecified atom stereocenters. The van der Waals surface area contributed by atoms with Gasteiger partial charge in [-0.15, -0.1) is 0 Å². The van der Waals surface area contributed by atoms with Crippen molar-refractivity contribution in [3.8, 4) is 5.69 Å². The largest absolute Gasteiger partial charge is 0.309 e. The minimum atomic E-state index is 1.04. The normalized spacial score (nSPS) is 11.2. The minimum Gasteiger partial charge on any atom is -0.309 e. The van der Waals surface area contributed by atoms with Crippen molar-refractivity contribution in [2.45, 2.75) is 0 Å². The number of aromatic nitrogens is 1. The first-order valence-corrected chi connectivity index (χ1v) is 12.7. The molecule has 4 heteroatoms. The van der Waals surface area contributed by atoms with Crippen LogP contribution in [-0.4, -0.2) is 4.57 Å². The molecule has 0 saturated heterocycles. The van der Waals surface area contributed by atoms with Gasteiger partial charge in [0.2, 0.25) is 0 Å². The lowest BCUT2D eigenvalue weighted by Gasteiger charge is -2.28. The highest BCUT2D eigenvalue weighted by Gasteiger charge is 2.18. The van der Waals surface area contributed by atoms with Gasteiger partial charge in [-0.2, -0.15) is 0 Å². The maximum atomic E-state index is 3.78. The van der Waals surface area contributed by atoms with Crippen molar-refractivity contribution in [2.24, 2.45) is 0 Å². The van der Waals surface area contributed by atoms with E-state index < -0.39 is 0 Å². The average molecular weight is 568 g/mol. The van der Waals surface area contributed by atoms with Crippen LogP contribution < -0.4 is 4.90 Å². The Balaban J connectivity index is 1.61. The van der Waals surface area contributed by atoms with Gasteiger partial charge >= 0.3 is 0 Å². The summed E-state index contributed by atoms with van der Waals surface area (Å²) >= 11 is 7.55. The zero-order valence-corrected chi connectivity index (χ0v) is 21.4. The standard InChI is InChI=1S/C30H20Br2N2/c31-25-14-3-7-18-29(25)34(30-19-8-4-15-26(30)32)22-11-9-10-21(20-22)33-27-16-5-1-12-23(27)24-13-2-6-17-28(24)33/h1-20H. The Kier molecular flexibility index (Phi) is 5.48. The van der Waals surface area contributed by atoms with Crippen LogP contribution in [0.3, 0.4) is 0 Å². The molecule has 6 aromatic rings. The topological polar surface area (TPSA) is 8.17 Å². The van der Waals surface area contributed by atoms with Crippen molar-refractivity contribution in [2.75, 3.05) is 4.90 Å². The third kappa shape index (κ3) is 3.54. The Labute approximate surface area is 215 Å². The number of nitrogens with zero attached hydrogens (tertiary/aromatic N) is 2. The maximum Gasteiger partial charge on any atom is 0.0604 e. The van der Waals surface area contributed by atoms with Gasteiger partial charge in [0, 0.05) is 31.1 Å². The van der Waals surface area contributed by atoms with Crippen molar-refractivity contribution < 1.29 is 0 Å². The summed E-state index contributed by atoms with van der Waals surface area (Å²) in [5, 5.41) is 2.52. The van der Waals surface area contributed by atoms with Gasteiger partial charge in [0.05, 0.1) is 22.4 Å². The molecule has 0 fully saturated rings. The fourth-order valence-electron chi connectivity index (χ4n) is 4.65. The van der Waals surface area contributed by atoms with Crippen LogP contribution in [0, 0.1) is 0 Å². The minimum absolute atomic E-state index is 1.04. The predicted molar refractivity (Wildman–Crippen MR) is 151 cm³/mol. The van der Waals surface area contributed by atoms with Gasteiger partial charge in [0.15, 0.2) is 0 Å². The first-order chi connectivity index (χ1) is 16.7. The Hall–Kier alpha value is -3.34. The Morgan fingerprint density at radius 2 is 1.00 bits per heavy atom. The summed E-state index contributed by atoms with van der Waals surface area (Å²) in [7, 11) is 0. The molecule has 164 valence electrons. The number of para-hydroxylation sites is 4. The third-order valence-corrected chi connectivity index (χ3v) is 7.45. The number of hydrogen-bond donors (Lipinski definition) is 0. The lowest BCUT2D eigenvalue weighted by atomic mass is 10.1. The highest BCUT2D eigenvalue weighted by atomic mass is 79.9. The molecule has 0 saturated carbocycles. The molecule has 0 bridgehead atoms. The van der Waals surface area contributed by atoms with E-state index in [9.17, 15) is 0 Å². The number of halogens is 2. The lowest BCUT2D eigenvalue weighted by Crippen LogP contribution is -2.11. The average Bonchev–Trinajstić information content (AvgIpc) is 3.21. The van der Waals surface area contributed by atoms with Crippen molar-refractivity contribution in [1.82, 2.24) is 4.57 Å². The summed E-state index contributed by atoms with van der Waals surface area (Å²) in [6.07, 6.45) is 0. The van der Waals surface area contributed by atoms with Gasteiger partial charge in [-0.25, -0.2) is 0 Å². The van der Waals surface area contributed by atoms with Crippen LogP contribution in [0.4, 0.5) is 17.1 Å². The summed E-state index contributed by atoms with van der Waals surface area (Å²) in [5.74, 6) is 0. The first kappa shape index (κ1) is 21.2. The number of rotatable bonds is 4. The third-order valence-electron chi connectivity index (χ3n) is 6.11. The molecule has 0 N–H and O–H groups in total. The molecule has 0 aliphatic rings. The fourth-order valence-corrected chi connectivity index (χ4v) is 5.57. The van der Waals surface area contributed by atoms with E-state index in [-0.39, 0.29) is 0 Å². The Morgan fingerprint density at radius 3 is 1.56 bits per heavy atom. The molecule has 0 spiro atoms. The molecule has 0 atom stereocenters. The summed E-state index contributed by atoms with van der Waals surface area (Å²) in [4.78, 5) is 2.28. The quantitative estimate of drug-likeness (QED) is 0.206. The molecule has 2 nitrogen and oxygen atoms in total. The molecule has 1 heterocycles. The fraction of sp³-hybridized carbons (Fsp3) is 0. The van der Waals surface area contributed by atoms with Gasteiger partial charge < -0.3 is 9.47 Å². The molecular weight excluding hydrogens is 548 g/mol. The summed E-state index contributed by atoms with van der Waals surface area (Å²) in [6, 6.07) is 42.6. The van der Waals surface area contributed by atoms with Crippen LogP contribution in [0.1, 0.15) is 0 Å². The van der Waals surface area contributed by atoms with E-state index in [0.29, 0.717) is 0 Å². The molecule has 1 aromatic heterocycles. The highest BCUT2D eigenvalue weighted by molar-refractivity contribution is 9.11. The van der Waals surface area contributed by atoms with E-state index in [1.54, 1.807) is 0 Å². The number of hydrogen-bond acceptors (Lipinski definition) is 1. The number of anilines is 3. The van der Waals surface area contributed by atoms with Crippen LogP contribution in [0.5, 0.6) is 0 Å². The van der Waals surface area contributed by atoms with Gasteiger partial charge in [0.25, 0.3) is 0 Å². The molecule has 0 radical (unpaired) electrons. The molecule has 34 heavy (non-hydrogen) atoms. The van der Waals surface area contributed by atoms with Gasteiger partial charge in [-0.1, -0.05) is 66.7 Å². The van der Waals surface area contributed by atoms with Crippen LogP contribution in [-0.2, 0) is 0 Å².